The number of carbonyl (C=O) groups is 1. The molecule has 3 aromatic rings. The zero-order valence-corrected chi connectivity index (χ0v) is 28.9. The molecule has 2 N–H and O–H groups in total. The molecule has 2 aromatic heterocycles. The molecule has 0 bridgehead atoms. The summed E-state index contributed by atoms with van der Waals surface area (Å²) in [7, 11) is -3.18. The number of benzene rings is 1. The minimum atomic E-state index is -3.18. The van der Waals surface area contributed by atoms with Crippen molar-refractivity contribution in [3.63, 3.8) is 0 Å². The third-order valence-electron chi connectivity index (χ3n) is 9.75. The van der Waals surface area contributed by atoms with Crippen LogP contribution in [0, 0.1) is 5.92 Å². The number of aromatic nitrogens is 3. The van der Waals surface area contributed by atoms with Gasteiger partial charge in [0, 0.05) is 56.7 Å². The molecule has 3 saturated heterocycles. The second-order valence-corrected chi connectivity index (χ2v) is 15.7. The molecule has 6 rings (SSSR count). The highest BCUT2D eigenvalue weighted by molar-refractivity contribution is 7.91. The van der Waals surface area contributed by atoms with Crippen molar-refractivity contribution in [2.24, 2.45) is 5.92 Å². The number of unbranched alkanes of at least 4 members (excludes halogenated alkanes) is 3. The summed E-state index contributed by atoms with van der Waals surface area (Å²) in [6, 6.07) is 7.39. The summed E-state index contributed by atoms with van der Waals surface area (Å²) in [5.41, 5.74) is 0.988. The third kappa shape index (κ3) is 8.35. The number of carboxylic acid groups (broad SMARTS) is 1. The first kappa shape index (κ1) is 35.9. The van der Waals surface area contributed by atoms with Crippen molar-refractivity contribution in [1.29, 1.82) is 0 Å². The Morgan fingerprint density at radius 2 is 1.80 bits per heavy atom. The lowest BCUT2D eigenvalue weighted by Gasteiger charge is -2.38. The van der Waals surface area contributed by atoms with Crippen LogP contribution in [0.15, 0.2) is 41.5 Å². The Morgan fingerprint density at radius 3 is 2.52 bits per heavy atom. The number of alkyl halides is 2. The number of likely N-dealkylation sites (tertiary alicyclic amines) is 1. The third-order valence-corrected chi connectivity index (χ3v) is 11.4. The Balaban J connectivity index is 1.21. The van der Waals surface area contributed by atoms with Gasteiger partial charge in [0.15, 0.2) is 16.1 Å². The lowest BCUT2D eigenvalue weighted by molar-refractivity contribution is -0.0528. The number of amides is 1. The molecular weight excluding hydrogens is 674 g/mol. The van der Waals surface area contributed by atoms with Gasteiger partial charge in [0.1, 0.15) is 23.5 Å². The van der Waals surface area contributed by atoms with E-state index >= 15 is 8.78 Å². The summed E-state index contributed by atoms with van der Waals surface area (Å²) in [4.78, 5) is 36.9. The largest absolute Gasteiger partial charge is 0.465 e. The van der Waals surface area contributed by atoms with Crippen LogP contribution in [0.1, 0.15) is 62.6 Å². The van der Waals surface area contributed by atoms with Crippen LogP contribution >= 0.6 is 0 Å². The quantitative estimate of drug-likeness (QED) is 0.225. The number of sulfone groups is 1. The van der Waals surface area contributed by atoms with E-state index in [0.29, 0.717) is 47.9 Å². The molecule has 1 aromatic carbocycles. The molecule has 13 nitrogen and oxygen atoms in total. The molecular formula is C34H44F2N6O7S. The minimum absolute atomic E-state index is 0.0497. The second-order valence-electron chi connectivity index (χ2n) is 13.4. The predicted molar refractivity (Wildman–Crippen MR) is 184 cm³/mol. The van der Waals surface area contributed by atoms with Crippen molar-refractivity contribution >= 4 is 38.5 Å². The van der Waals surface area contributed by atoms with Gasteiger partial charge >= 0.3 is 6.09 Å². The Hall–Kier alpha value is -3.89. The van der Waals surface area contributed by atoms with Gasteiger partial charge < -0.3 is 29.7 Å². The van der Waals surface area contributed by atoms with Gasteiger partial charge in [-0.2, -0.15) is 0 Å². The molecule has 3 aliphatic rings. The molecule has 0 spiro atoms. The lowest BCUT2D eigenvalue weighted by Crippen LogP contribution is -2.50. The maximum Gasteiger partial charge on any atom is 0.407 e. The number of nitrogens with one attached hydrogen (secondary N) is 1. The molecule has 3 fully saturated rings. The first-order chi connectivity index (χ1) is 23.9. The van der Waals surface area contributed by atoms with Crippen LogP contribution in [0.3, 0.4) is 0 Å². The SMILES string of the molecule is CC(Nc1ncnc2c1cc(N1CCS(=O)(=O)CC1)c(=O)n2CCCCCCC1OCCO1)c1cccc(C(F)(F)CC2CN(C(=O)O)C2)c1. The molecule has 0 saturated carbocycles. The van der Waals surface area contributed by atoms with Crippen molar-refractivity contribution in [3.8, 4) is 0 Å². The molecule has 16 heteroatoms. The van der Waals surface area contributed by atoms with Crippen LogP contribution in [-0.4, -0.2) is 96.2 Å². The second kappa shape index (κ2) is 15.2. The molecule has 1 unspecified atom stereocenters. The van der Waals surface area contributed by atoms with Crippen molar-refractivity contribution in [3.05, 3.63) is 58.1 Å². The fraction of sp³-hybridized carbons (Fsp3) is 0.588. The van der Waals surface area contributed by atoms with Crippen LogP contribution in [0.5, 0.6) is 0 Å². The Labute approximate surface area is 289 Å². The Bertz CT molecular complexity index is 1830. The minimum Gasteiger partial charge on any atom is -0.465 e. The highest BCUT2D eigenvalue weighted by atomic mass is 32.2. The number of fused-ring (bicyclic) bond motifs is 1. The fourth-order valence-corrected chi connectivity index (χ4v) is 8.04. The van der Waals surface area contributed by atoms with Gasteiger partial charge in [0.2, 0.25) is 0 Å². The fourth-order valence-electron chi connectivity index (χ4n) is 6.84. The van der Waals surface area contributed by atoms with Gasteiger partial charge in [-0.25, -0.2) is 32.0 Å². The molecule has 272 valence electrons. The van der Waals surface area contributed by atoms with E-state index in [1.54, 1.807) is 27.7 Å². The van der Waals surface area contributed by atoms with Crippen molar-refractivity contribution in [2.45, 2.75) is 70.2 Å². The average molecular weight is 719 g/mol. The van der Waals surface area contributed by atoms with Gasteiger partial charge in [-0.15, -0.1) is 0 Å². The molecule has 50 heavy (non-hydrogen) atoms. The number of pyridine rings is 1. The van der Waals surface area contributed by atoms with E-state index in [-0.39, 0.29) is 55.1 Å². The zero-order chi connectivity index (χ0) is 35.5. The highest BCUT2D eigenvalue weighted by Gasteiger charge is 2.41. The monoisotopic (exact) mass is 718 g/mol. The number of ether oxygens (including phenoxy) is 2. The van der Waals surface area contributed by atoms with Gasteiger partial charge in [0.05, 0.1) is 30.1 Å². The Morgan fingerprint density at radius 1 is 1.08 bits per heavy atom. The topological polar surface area (TPSA) is 156 Å². The number of rotatable bonds is 14. The number of aryl methyl sites for hydroxylation is 1. The summed E-state index contributed by atoms with van der Waals surface area (Å²) in [6.07, 6.45) is 3.97. The van der Waals surface area contributed by atoms with Crippen molar-refractivity contribution < 1.29 is 36.6 Å². The van der Waals surface area contributed by atoms with E-state index in [2.05, 4.69) is 15.3 Å². The zero-order valence-electron chi connectivity index (χ0n) is 28.1. The van der Waals surface area contributed by atoms with E-state index in [1.807, 2.05) is 6.92 Å². The maximum absolute atomic E-state index is 15.3. The maximum atomic E-state index is 15.3. The summed E-state index contributed by atoms with van der Waals surface area (Å²) >= 11 is 0. The molecule has 0 aliphatic carbocycles. The molecule has 0 radical (unpaired) electrons. The smallest absolute Gasteiger partial charge is 0.407 e. The number of anilines is 2. The van der Waals surface area contributed by atoms with Crippen LogP contribution in [0.2, 0.25) is 0 Å². The van der Waals surface area contributed by atoms with E-state index in [9.17, 15) is 18.0 Å². The normalized spacial score (nSPS) is 19.1. The van der Waals surface area contributed by atoms with Crippen LogP contribution in [-0.2, 0) is 31.8 Å². The standard InChI is InChI=1S/C34H44F2N6O7S/c1-23(25-7-6-8-26(17-25)34(35,36)19-24-20-41(21-24)33(44)45)39-30-27-18-28(40-11-15-50(46,47)16-12-40)32(43)42(31(27)38-22-37-30)10-5-3-2-4-9-29-48-13-14-49-29/h6-8,17-18,22-24,29H,2-5,9-16,19-21H2,1H3,(H,44,45)(H,37,38,39). The van der Waals surface area contributed by atoms with Gasteiger partial charge in [-0.3, -0.25) is 9.36 Å². The number of halogens is 2. The van der Waals surface area contributed by atoms with Crippen LogP contribution < -0.4 is 15.8 Å². The van der Waals surface area contributed by atoms with Gasteiger partial charge in [-0.05, 0) is 43.9 Å². The number of hydrogen-bond acceptors (Lipinski definition) is 10. The molecule has 1 amide bonds. The van der Waals surface area contributed by atoms with E-state index in [0.717, 1.165) is 37.0 Å². The van der Waals surface area contributed by atoms with Crippen molar-refractivity contribution in [1.82, 2.24) is 19.4 Å². The highest BCUT2D eigenvalue weighted by Crippen LogP contribution is 2.39. The predicted octanol–water partition coefficient (Wildman–Crippen LogP) is 4.61. The number of hydrogen-bond donors (Lipinski definition) is 2. The van der Waals surface area contributed by atoms with Crippen molar-refractivity contribution in [2.75, 3.05) is 61.1 Å². The summed E-state index contributed by atoms with van der Waals surface area (Å²) < 4.78 is 67.7. The summed E-state index contributed by atoms with van der Waals surface area (Å²) in [5.74, 6) is -3.24. The van der Waals surface area contributed by atoms with Gasteiger partial charge in [0.25, 0.3) is 11.5 Å². The lowest BCUT2D eigenvalue weighted by atomic mass is 9.89. The van der Waals surface area contributed by atoms with E-state index in [1.165, 1.54) is 18.5 Å². The first-order valence-corrected chi connectivity index (χ1v) is 19.0. The van der Waals surface area contributed by atoms with Crippen LogP contribution in [0.4, 0.5) is 25.1 Å². The first-order valence-electron chi connectivity index (χ1n) is 17.2. The molecule has 3 aliphatic heterocycles. The van der Waals surface area contributed by atoms with Gasteiger partial charge in [-0.1, -0.05) is 31.0 Å². The summed E-state index contributed by atoms with van der Waals surface area (Å²) in [5, 5.41) is 13.0. The van der Waals surface area contributed by atoms with Crippen LogP contribution in [0.25, 0.3) is 11.0 Å². The van der Waals surface area contributed by atoms with E-state index < -0.39 is 40.2 Å². The summed E-state index contributed by atoms with van der Waals surface area (Å²) in [6.45, 7) is 4.04. The molecule has 5 heterocycles. The Kier molecular flexibility index (Phi) is 10.9. The molecule has 1 atom stereocenters. The number of nitrogens with zero attached hydrogens (tertiary/aromatic N) is 5. The van der Waals surface area contributed by atoms with E-state index in [4.69, 9.17) is 14.6 Å². The average Bonchev–Trinajstić information content (AvgIpc) is 3.59.